The first kappa shape index (κ1) is 15.7. The van der Waals surface area contributed by atoms with Gasteiger partial charge in [-0.2, -0.15) is 4.98 Å². The Bertz CT molecular complexity index is 545. The summed E-state index contributed by atoms with van der Waals surface area (Å²) in [7, 11) is 0. The van der Waals surface area contributed by atoms with Crippen LogP contribution >= 0.6 is 0 Å². The van der Waals surface area contributed by atoms with Crippen LogP contribution in [0.25, 0.3) is 11.4 Å². The van der Waals surface area contributed by atoms with Gasteiger partial charge >= 0.3 is 0 Å². The van der Waals surface area contributed by atoms with Gasteiger partial charge in [0.1, 0.15) is 0 Å². The first-order chi connectivity index (χ1) is 10.1. The molecule has 1 unspecified atom stereocenters. The van der Waals surface area contributed by atoms with Gasteiger partial charge in [0.25, 0.3) is 0 Å². The van der Waals surface area contributed by atoms with Crippen LogP contribution in [0, 0.1) is 12.8 Å². The molecule has 0 saturated heterocycles. The van der Waals surface area contributed by atoms with E-state index >= 15 is 0 Å². The van der Waals surface area contributed by atoms with Crippen molar-refractivity contribution in [1.82, 2.24) is 15.5 Å². The summed E-state index contributed by atoms with van der Waals surface area (Å²) in [5.74, 6) is 2.02. The highest BCUT2D eigenvalue weighted by Crippen LogP contribution is 2.17. The van der Waals surface area contributed by atoms with E-state index in [0.29, 0.717) is 23.7 Å². The zero-order valence-electron chi connectivity index (χ0n) is 13.4. The maximum absolute atomic E-state index is 5.41. The molecule has 0 aliphatic rings. The number of nitrogens with one attached hydrogen (secondary N) is 1. The summed E-state index contributed by atoms with van der Waals surface area (Å²) in [4.78, 5) is 4.52. The minimum Gasteiger partial charge on any atom is -0.339 e. The molecule has 1 aromatic heterocycles. The van der Waals surface area contributed by atoms with Gasteiger partial charge in [-0.25, -0.2) is 0 Å². The third-order valence-electron chi connectivity index (χ3n) is 3.45. The van der Waals surface area contributed by atoms with Crippen LogP contribution in [-0.4, -0.2) is 22.7 Å². The fourth-order valence-corrected chi connectivity index (χ4v) is 2.46. The van der Waals surface area contributed by atoms with Gasteiger partial charge in [-0.3, -0.25) is 0 Å². The minimum atomic E-state index is 0.390. The van der Waals surface area contributed by atoms with Gasteiger partial charge in [0.2, 0.25) is 11.7 Å². The first-order valence-electron chi connectivity index (χ1n) is 7.71. The second-order valence-electron chi connectivity index (χ2n) is 5.97. The number of hydrogen-bond acceptors (Lipinski definition) is 4. The molecule has 0 amide bonds. The second kappa shape index (κ2) is 7.36. The molecule has 1 heterocycles. The number of aryl methyl sites for hydroxylation is 1. The van der Waals surface area contributed by atoms with Gasteiger partial charge in [0.05, 0.1) is 0 Å². The molecular formula is C17H25N3O. The van der Waals surface area contributed by atoms with Crippen LogP contribution < -0.4 is 5.32 Å². The molecule has 2 rings (SSSR count). The Morgan fingerprint density at radius 2 is 1.90 bits per heavy atom. The van der Waals surface area contributed by atoms with Gasteiger partial charge in [-0.15, -0.1) is 0 Å². The average molecular weight is 287 g/mol. The summed E-state index contributed by atoms with van der Waals surface area (Å²) >= 11 is 0. The zero-order valence-corrected chi connectivity index (χ0v) is 13.4. The molecular weight excluding hydrogens is 262 g/mol. The molecule has 114 valence electrons. The molecule has 21 heavy (non-hydrogen) atoms. The molecule has 4 heteroatoms. The van der Waals surface area contributed by atoms with Crippen molar-refractivity contribution in [3.63, 3.8) is 0 Å². The maximum atomic E-state index is 5.41. The number of likely N-dealkylation sites (N-methyl/N-ethyl adjacent to an activating group) is 1. The van der Waals surface area contributed by atoms with Crippen molar-refractivity contribution >= 4 is 0 Å². The van der Waals surface area contributed by atoms with E-state index in [1.54, 1.807) is 0 Å². The molecule has 0 spiro atoms. The third-order valence-corrected chi connectivity index (χ3v) is 3.45. The van der Waals surface area contributed by atoms with Crippen molar-refractivity contribution < 1.29 is 4.52 Å². The lowest BCUT2D eigenvalue weighted by Crippen LogP contribution is -2.32. The van der Waals surface area contributed by atoms with Gasteiger partial charge in [-0.1, -0.05) is 55.8 Å². The number of rotatable bonds is 7. The SMILES string of the molecule is CCNC(Cc1nc(-c2ccc(C)cc2)no1)CC(C)C. The summed E-state index contributed by atoms with van der Waals surface area (Å²) < 4.78 is 5.41. The molecule has 0 radical (unpaired) electrons. The molecule has 2 aromatic rings. The molecule has 1 atom stereocenters. The van der Waals surface area contributed by atoms with Crippen LogP contribution in [0.2, 0.25) is 0 Å². The van der Waals surface area contributed by atoms with Crippen LogP contribution in [0.1, 0.15) is 38.6 Å². The third kappa shape index (κ3) is 4.67. The maximum Gasteiger partial charge on any atom is 0.228 e. The smallest absolute Gasteiger partial charge is 0.228 e. The van der Waals surface area contributed by atoms with Crippen LogP contribution in [0.5, 0.6) is 0 Å². The summed E-state index contributed by atoms with van der Waals surface area (Å²) in [6.07, 6.45) is 1.89. The van der Waals surface area contributed by atoms with Crippen molar-refractivity contribution in [3.8, 4) is 11.4 Å². The Balaban J connectivity index is 2.06. The van der Waals surface area contributed by atoms with Gasteiger partial charge in [-0.05, 0) is 25.8 Å². The summed E-state index contributed by atoms with van der Waals surface area (Å²) in [5.41, 5.74) is 2.23. The van der Waals surface area contributed by atoms with Crippen molar-refractivity contribution in [2.45, 2.75) is 46.6 Å². The Labute approximate surface area is 127 Å². The fraction of sp³-hybridized carbons (Fsp3) is 0.529. The quantitative estimate of drug-likeness (QED) is 0.845. The Kier molecular flexibility index (Phi) is 5.51. The molecule has 0 aliphatic heterocycles. The van der Waals surface area contributed by atoms with Gasteiger partial charge in [0, 0.05) is 18.0 Å². The largest absolute Gasteiger partial charge is 0.339 e. The lowest BCUT2D eigenvalue weighted by atomic mass is 10.0. The van der Waals surface area contributed by atoms with Gasteiger partial charge < -0.3 is 9.84 Å². The number of benzene rings is 1. The summed E-state index contributed by atoms with van der Waals surface area (Å²) in [6, 6.07) is 8.57. The van der Waals surface area contributed by atoms with Crippen LogP contribution in [0.4, 0.5) is 0 Å². The van der Waals surface area contributed by atoms with Crippen LogP contribution in [-0.2, 0) is 6.42 Å². The topological polar surface area (TPSA) is 51.0 Å². The predicted molar refractivity (Wildman–Crippen MR) is 85.1 cm³/mol. The summed E-state index contributed by atoms with van der Waals surface area (Å²) in [5, 5.41) is 7.59. The lowest BCUT2D eigenvalue weighted by molar-refractivity contribution is 0.340. The van der Waals surface area contributed by atoms with E-state index in [1.807, 2.05) is 12.1 Å². The number of aromatic nitrogens is 2. The molecule has 0 aliphatic carbocycles. The average Bonchev–Trinajstić information content (AvgIpc) is 2.87. The van der Waals surface area contributed by atoms with Crippen molar-refractivity contribution in [2.24, 2.45) is 5.92 Å². The molecule has 0 bridgehead atoms. The monoisotopic (exact) mass is 287 g/mol. The Morgan fingerprint density at radius 3 is 2.52 bits per heavy atom. The van der Waals surface area contributed by atoms with Crippen molar-refractivity contribution in [3.05, 3.63) is 35.7 Å². The first-order valence-corrected chi connectivity index (χ1v) is 7.71. The van der Waals surface area contributed by atoms with E-state index in [0.717, 1.165) is 24.9 Å². The second-order valence-corrected chi connectivity index (χ2v) is 5.97. The molecule has 0 saturated carbocycles. The summed E-state index contributed by atoms with van der Waals surface area (Å²) in [6.45, 7) is 9.61. The Hall–Kier alpha value is -1.68. The highest BCUT2D eigenvalue weighted by molar-refractivity contribution is 5.54. The molecule has 1 aromatic carbocycles. The Morgan fingerprint density at radius 1 is 1.19 bits per heavy atom. The van der Waals surface area contributed by atoms with E-state index in [2.05, 4.69) is 55.3 Å². The van der Waals surface area contributed by atoms with Crippen LogP contribution in [0.3, 0.4) is 0 Å². The zero-order chi connectivity index (χ0) is 15.2. The van der Waals surface area contributed by atoms with E-state index in [-0.39, 0.29) is 0 Å². The lowest BCUT2D eigenvalue weighted by Gasteiger charge is -2.17. The minimum absolute atomic E-state index is 0.390. The van der Waals surface area contributed by atoms with E-state index in [1.165, 1.54) is 5.56 Å². The van der Waals surface area contributed by atoms with E-state index in [4.69, 9.17) is 4.52 Å². The van der Waals surface area contributed by atoms with E-state index < -0.39 is 0 Å². The molecule has 4 nitrogen and oxygen atoms in total. The normalized spacial score (nSPS) is 12.8. The number of hydrogen-bond donors (Lipinski definition) is 1. The molecule has 0 fully saturated rings. The van der Waals surface area contributed by atoms with Crippen molar-refractivity contribution in [1.29, 1.82) is 0 Å². The van der Waals surface area contributed by atoms with Crippen molar-refractivity contribution in [2.75, 3.05) is 6.54 Å². The van der Waals surface area contributed by atoms with E-state index in [9.17, 15) is 0 Å². The van der Waals surface area contributed by atoms with Gasteiger partial charge in [0.15, 0.2) is 0 Å². The van der Waals surface area contributed by atoms with Crippen LogP contribution in [0.15, 0.2) is 28.8 Å². The fourth-order valence-electron chi connectivity index (χ4n) is 2.46. The standard InChI is InChI=1S/C17H25N3O/c1-5-18-15(10-12(2)3)11-16-19-17(20-21-16)14-8-6-13(4)7-9-14/h6-9,12,15,18H,5,10-11H2,1-4H3. The number of nitrogens with zero attached hydrogens (tertiary/aromatic N) is 2. The highest BCUT2D eigenvalue weighted by atomic mass is 16.5. The molecule has 1 N–H and O–H groups in total. The highest BCUT2D eigenvalue weighted by Gasteiger charge is 2.15. The predicted octanol–water partition coefficient (Wildman–Crippen LogP) is 3.61.